The van der Waals surface area contributed by atoms with Gasteiger partial charge in [-0.25, -0.2) is 0 Å². The fourth-order valence-corrected chi connectivity index (χ4v) is 2.32. The Hall–Kier alpha value is -2.08. The van der Waals surface area contributed by atoms with Gasteiger partial charge >= 0.3 is 0 Å². The Balaban J connectivity index is 2.13. The highest BCUT2D eigenvalue weighted by Crippen LogP contribution is 2.24. The molecule has 0 amide bonds. The van der Waals surface area contributed by atoms with E-state index >= 15 is 0 Å². The van der Waals surface area contributed by atoms with Gasteiger partial charge in [-0.3, -0.25) is 4.68 Å². The molecular weight excluding hydrogens is 246 g/mol. The lowest BCUT2D eigenvalue weighted by Crippen LogP contribution is -1.97. The van der Waals surface area contributed by atoms with Crippen LogP contribution >= 0.6 is 0 Å². The Labute approximate surface area is 120 Å². The summed E-state index contributed by atoms with van der Waals surface area (Å²) in [6, 6.07) is 8.15. The molecule has 1 aromatic carbocycles. The Kier molecular flexibility index (Phi) is 4.95. The third-order valence-electron chi connectivity index (χ3n) is 3.48. The summed E-state index contributed by atoms with van der Waals surface area (Å²) in [6.45, 7) is 5.21. The van der Waals surface area contributed by atoms with Gasteiger partial charge in [0.25, 0.3) is 0 Å². The third-order valence-corrected chi connectivity index (χ3v) is 3.48. The number of hydrogen-bond acceptors (Lipinski definition) is 2. The summed E-state index contributed by atoms with van der Waals surface area (Å²) < 4.78 is 1.98. The van der Waals surface area contributed by atoms with E-state index in [0.717, 1.165) is 29.7 Å². The van der Waals surface area contributed by atoms with Gasteiger partial charge in [0.1, 0.15) is 0 Å². The molecule has 0 unspecified atom stereocenters. The molecule has 0 aliphatic carbocycles. The maximum atomic E-state index is 9.20. The standard InChI is InChI=1S/C17H21N3/c1-3-4-5-6-9-20-13-16(12-19-20)17-10-14(2)7-8-15(17)11-18/h7-8,10,12-13H,3-6,9H2,1-2H3. The summed E-state index contributed by atoms with van der Waals surface area (Å²) in [4.78, 5) is 0. The topological polar surface area (TPSA) is 41.6 Å². The van der Waals surface area contributed by atoms with Crippen LogP contribution in [0.25, 0.3) is 11.1 Å². The highest BCUT2D eigenvalue weighted by molar-refractivity contribution is 5.70. The highest BCUT2D eigenvalue weighted by atomic mass is 15.3. The smallest absolute Gasteiger partial charge is 0.0998 e. The van der Waals surface area contributed by atoms with Crippen molar-refractivity contribution < 1.29 is 0 Å². The highest BCUT2D eigenvalue weighted by Gasteiger charge is 2.07. The maximum Gasteiger partial charge on any atom is 0.0998 e. The first kappa shape index (κ1) is 14.3. The average molecular weight is 267 g/mol. The molecule has 104 valence electrons. The second-order valence-electron chi connectivity index (χ2n) is 5.21. The molecule has 0 N–H and O–H groups in total. The number of rotatable bonds is 6. The largest absolute Gasteiger partial charge is 0.272 e. The molecule has 3 heteroatoms. The summed E-state index contributed by atoms with van der Waals surface area (Å²) in [7, 11) is 0. The van der Waals surface area contributed by atoms with Gasteiger partial charge in [-0.2, -0.15) is 10.4 Å². The molecule has 3 nitrogen and oxygen atoms in total. The monoisotopic (exact) mass is 267 g/mol. The molecule has 0 saturated heterocycles. The fraction of sp³-hybridized carbons (Fsp3) is 0.412. The maximum absolute atomic E-state index is 9.20. The Bertz CT molecular complexity index is 605. The van der Waals surface area contributed by atoms with Gasteiger partial charge in [-0.1, -0.05) is 37.8 Å². The number of aryl methyl sites for hydroxylation is 2. The fourth-order valence-electron chi connectivity index (χ4n) is 2.32. The van der Waals surface area contributed by atoms with Crippen molar-refractivity contribution in [1.82, 2.24) is 9.78 Å². The van der Waals surface area contributed by atoms with Gasteiger partial charge in [-0.15, -0.1) is 0 Å². The van der Waals surface area contributed by atoms with Gasteiger partial charge in [0, 0.05) is 23.9 Å². The molecular formula is C17H21N3. The van der Waals surface area contributed by atoms with Crippen molar-refractivity contribution in [2.45, 2.75) is 46.1 Å². The minimum absolute atomic E-state index is 0.709. The minimum Gasteiger partial charge on any atom is -0.272 e. The molecule has 2 aromatic rings. The molecule has 0 spiro atoms. The first-order valence-corrected chi connectivity index (χ1v) is 7.28. The molecule has 0 radical (unpaired) electrons. The number of nitrogens with zero attached hydrogens (tertiary/aromatic N) is 3. The van der Waals surface area contributed by atoms with Crippen molar-refractivity contribution in [3.8, 4) is 17.2 Å². The van der Waals surface area contributed by atoms with E-state index in [0.29, 0.717) is 5.56 Å². The molecule has 1 aromatic heterocycles. The van der Waals surface area contributed by atoms with Crippen LogP contribution in [0.3, 0.4) is 0 Å². The van der Waals surface area contributed by atoms with Crippen LogP contribution in [0.4, 0.5) is 0 Å². The van der Waals surface area contributed by atoms with E-state index in [2.05, 4.69) is 24.2 Å². The number of hydrogen-bond donors (Lipinski definition) is 0. The van der Waals surface area contributed by atoms with E-state index in [1.54, 1.807) is 0 Å². The van der Waals surface area contributed by atoms with Crippen molar-refractivity contribution in [3.05, 3.63) is 41.7 Å². The van der Waals surface area contributed by atoms with Gasteiger partial charge in [0.15, 0.2) is 0 Å². The van der Waals surface area contributed by atoms with E-state index in [-0.39, 0.29) is 0 Å². The third kappa shape index (κ3) is 3.48. The van der Waals surface area contributed by atoms with Crippen molar-refractivity contribution in [3.63, 3.8) is 0 Å². The summed E-state index contributed by atoms with van der Waals surface area (Å²) in [6.07, 6.45) is 8.84. The SMILES string of the molecule is CCCCCCn1cc(-c2cc(C)ccc2C#N)cn1. The summed E-state index contributed by atoms with van der Waals surface area (Å²) in [5.41, 5.74) is 3.88. The molecule has 2 rings (SSSR count). The summed E-state index contributed by atoms with van der Waals surface area (Å²) in [5, 5.41) is 13.6. The quantitative estimate of drug-likeness (QED) is 0.732. The van der Waals surface area contributed by atoms with Crippen molar-refractivity contribution in [2.75, 3.05) is 0 Å². The van der Waals surface area contributed by atoms with Crippen LogP contribution in [0.1, 0.15) is 43.7 Å². The van der Waals surface area contributed by atoms with Gasteiger partial charge in [0.2, 0.25) is 0 Å². The Morgan fingerprint density at radius 3 is 2.85 bits per heavy atom. The second-order valence-corrected chi connectivity index (χ2v) is 5.21. The summed E-state index contributed by atoms with van der Waals surface area (Å²) in [5.74, 6) is 0. The van der Waals surface area contributed by atoms with E-state index in [1.165, 1.54) is 19.3 Å². The number of benzene rings is 1. The second kappa shape index (κ2) is 6.91. The van der Waals surface area contributed by atoms with Crippen molar-refractivity contribution in [2.24, 2.45) is 0 Å². The average Bonchev–Trinajstić information content (AvgIpc) is 2.92. The lowest BCUT2D eigenvalue weighted by atomic mass is 10.0. The normalized spacial score (nSPS) is 10.4. The van der Waals surface area contributed by atoms with Crippen molar-refractivity contribution in [1.29, 1.82) is 5.26 Å². The van der Waals surface area contributed by atoms with Gasteiger partial charge in [-0.05, 0) is 25.5 Å². The first-order chi connectivity index (χ1) is 9.74. The Morgan fingerprint density at radius 1 is 1.25 bits per heavy atom. The van der Waals surface area contributed by atoms with Crippen molar-refractivity contribution >= 4 is 0 Å². The zero-order chi connectivity index (χ0) is 14.4. The van der Waals surface area contributed by atoms with Crippen LogP contribution in [0.5, 0.6) is 0 Å². The molecule has 0 atom stereocenters. The van der Waals surface area contributed by atoms with Crippen LogP contribution in [0.15, 0.2) is 30.6 Å². The number of nitriles is 1. The molecule has 1 heterocycles. The van der Waals surface area contributed by atoms with Crippen LogP contribution in [0, 0.1) is 18.3 Å². The number of unbranched alkanes of at least 4 members (excludes halogenated alkanes) is 3. The molecule has 0 aliphatic rings. The van der Waals surface area contributed by atoms with E-state index < -0.39 is 0 Å². The van der Waals surface area contributed by atoms with Crippen LogP contribution in [-0.4, -0.2) is 9.78 Å². The zero-order valence-corrected chi connectivity index (χ0v) is 12.3. The van der Waals surface area contributed by atoms with Crippen LogP contribution in [0.2, 0.25) is 0 Å². The predicted molar refractivity (Wildman–Crippen MR) is 81.3 cm³/mol. The molecule has 0 bridgehead atoms. The predicted octanol–water partition coefficient (Wildman–Crippen LogP) is 4.31. The minimum atomic E-state index is 0.709. The molecule has 0 aliphatic heterocycles. The summed E-state index contributed by atoms with van der Waals surface area (Å²) >= 11 is 0. The van der Waals surface area contributed by atoms with E-state index in [9.17, 15) is 5.26 Å². The molecule has 0 saturated carbocycles. The van der Waals surface area contributed by atoms with Crippen LogP contribution < -0.4 is 0 Å². The molecule has 0 fully saturated rings. The first-order valence-electron chi connectivity index (χ1n) is 7.28. The zero-order valence-electron chi connectivity index (χ0n) is 12.3. The lowest BCUT2D eigenvalue weighted by molar-refractivity contribution is 0.541. The van der Waals surface area contributed by atoms with E-state index in [1.807, 2.05) is 36.1 Å². The number of aromatic nitrogens is 2. The molecule has 20 heavy (non-hydrogen) atoms. The van der Waals surface area contributed by atoms with Crippen LogP contribution in [-0.2, 0) is 6.54 Å². The van der Waals surface area contributed by atoms with Gasteiger partial charge in [0.05, 0.1) is 17.8 Å². The van der Waals surface area contributed by atoms with Gasteiger partial charge < -0.3 is 0 Å². The van der Waals surface area contributed by atoms with E-state index in [4.69, 9.17) is 0 Å². The Morgan fingerprint density at radius 2 is 2.10 bits per heavy atom. The lowest BCUT2D eigenvalue weighted by Gasteiger charge is -2.03.